The van der Waals surface area contributed by atoms with Crippen molar-refractivity contribution in [2.45, 2.75) is 0 Å². The number of carbonyl (C=O) groups is 1. The zero-order valence-electron chi connectivity index (χ0n) is 13.5. The second kappa shape index (κ2) is 7.14. The Labute approximate surface area is 157 Å². The van der Waals surface area contributed by atoms with Gasteiger partial charge in [-0.25, -0.2) is 0 Å². The van der Waals surface area contributed by atoms with Gasteiger partial charge in [-0.3, -0.25) is 9.78 Å². The van der Waals surface area contributed by atoms with Crippen molar-refractivity contribution in [3.8, 4) is 17.2 Å². The van der Waals surface area contributed by atoms with E-state index in [-0.39, 0.29) is 11.7 Å². The Bertz CT molecular complexity index is 959. The highest BCUT2D eigenvalue weighted by atomic mass is 127. The number of benzene rings is 2. The van der Waals surface area contributed by atoms with E-state index in [1.165, 1.54) is 14.2 Å². The zero-order chi connectivity index (χ0) is 18.0. The molecule has 6 nitrogen and oxygen atoms in total. The molecule has 0 radical (unpaired) electrons. The number of nitrogens with one attached hydrogen (secondary N) is 1. The SMILES string of the molecule is COc1ccc(C(=O)Nc2cc(I)c(O)c3ncccc23)cc1OC. The monoisotopic (exact) mass is 450 g/mol. The number of amides is 1. The quantitative estimate of drug-likeness (QED) is 0.467. The third-order valence-electron chi connectivity index (χ3n) is 3.71. The summed E-state index contributed by atoms with van der Waals surface area (Å²) >= 11 is 2.00. The number of halogens is 1. The molecular weight excluding hydrogens is 435 g/mol. The number of nitrogens with zero attached hydrogens (tertiary/aromatic N) is 1. The number of hydrogen-bond donors (Lipinski definition) is 2. The second-order valence-corrected chi connectivity index (χ2v) is 6.34. The Hall–Kier alpha value is -2.55. The van der Waals surface area contributed by atoms with Gasteiger partial charge < -0.3 is 19.9 Å². The summed E-state index contributed by atoms with van der Waals surface area (Å²) in [5, 5.41) is 13.7. The molecule has 1 amide bonds. The number of carbonyl (C=O) groups excluding carboxylic acids is 1. The fraction of sp³-hybridized carbons (Fsp3) is 0.111. The molecule has 3 aromatic rings. The van der Waals surface area contributed by atoms with Gasteiger partial charge in [-0.15, -0.1) is 0 Å². The van der Waals surface area contributed by atoms with Crippen molar-refractivity contribution < 1.29 is 19.4 Å². The molecule has 3 rings (SSSR count). The summed E-state index contributed by atoms with van der Waals surface area (Å²) in [6, 6.07) is 10.2. The maximum atomic E-state index is 12.6. The molecular formula is C18H15IN2O4. The van der Waals surface area contributed by atoms with Gasteiger partial charge in [0.2, 0.25) is 0 Å². The lowest BCUT2D eigenvalue weighted by Gasteiger charge is -2.12. The standard InChI is InChI=1S/C18H15IN2O4/c1-24-14-6-5-10(8-15(14)25-2)18(23)21-13-9-12(19)17(22)16-11(13)4-3-7-20-16/h3-9,22H,1-2H3,(H,21,23). The van der Waals surface area contributed by atoms with Crippen LogP contribution < -0.4 is 14.8 Å². The lowest BCUT2D eigenvalue weighted by Crippen LogP contribution is -2.12. The Kier molecular flexibility index (Phi) is 4.93. The smallest absolute Gasteiger partial charge is 0.255 e. The predicted octanol–water partition coefficient (Wildman–Crippen LogP) is 3.81. The van der Waals surface area contributed by atoms with Crippen LogP contribution in [0.4, 0.5) is 5.69 Å². The zero-order valence-corrected chi connectivity index (χ0v) is 15.7. The first-order valence-corrected chi connectivity index (χ1v) is 8.42. The molecule has 2 aromatic carbocycles. The van der Waals surface area contributed by atoms with Gasteiger partial charge in [0.05, 0.1) is 23.5 Å². The molecule has 0 spiro atoms. The van der Waals surface area contributed by atoms with Crippen LogP contribution in [0.1, 0.15) is 10.4 Å². The summed E-state index contributed by atoms with van der Waals surface area (Å²) in [7, 11) is 3.05. The maximum Gasteiger partial charge on any atom is 0.255 e. The lowest BCUT2D eigenvalue weighted by atomic mass is 10.1. The molecule has 0 fully saturated rings. The molecule has 2 N–H and O–H groups in total. The highest BCUT2D eigenvalue weighted by Crippen LogP contribution is 2.34. The van der Waals surface area contributed by atoms with Crippen LogP contribution in [-0.2, 0) is 0 Å². The number of aromatic nitrogens is 1. The average Bonchev–Trinajstić information content (AvgIpc) is 2.65. The van der Waals surface area contributed by atoms with Crippen molar-refractivity contribution in [1.29, 1.82) is 0 Å². The van der Waals surface area contributed by atoms with Crippen LogP contribution in [0.3, 0.4) is 0 Å². The van der Waals surface area contributed by atoms with Crippen molar-refractivity contribution in [3.05, 3.63) is 51.7 Å². The molecule has 0 saturated carbocycles. The van der Waals surface area contributed by atoms with Crippen LogP contribution in [0.25, 0.3) is 10.9 Å². The van der Waals surface area contributed by atoms with Crippen molar-refractivity contribution in [2.75, 3.05) is 19.5 Å². The molecule has 0 saturated heterocycles. The van der Waals surface area contributed by atoms with Crippen molar-refractivity contribution in [3.63, 3.8) is 0 Å². The highest BCUT2D eigenvalue weighted by Gasteiger charge is 2.15. The number of ether oxygens (including phenoxy) is 2. The van der Waals surface area contributed by atoms with Crippen molar-refractivity contribution >= 4 is 45.1 Å². The Morgan fingerprint density at radius 2 is 1.92 bits per heavy atom. The van der Waals surface area contributed by atoms with Gasteiger partial charge in [0.15, 0.2) is 17.2 Å². The number of aromatic hydroxyl groups is 1. The van der Waals surface area contributed by atoms with Gasteiger partial charge in [-0.1, -0.05) is 0 Å². The van der Waals surface area contributed by atoms with E-state index in [0.29, 0.717) is 37.2 Å². The number of pyridine rings is 1. The van der Waals surface area contributed by atoms with E-state index in [9.17, 15) is 9.90 Å². The van der Waals surface area contributed by atoms with Gasteiger partial charge in [-0.2, -0.15) is 0 Å². The molecule has 1 aromatic heterocycles. The molecule has 7 heteroatoms. The fourth-order valence-corrected chi connectivity index (χ4v) is 3.04. The van der Waals surface area contributed by atoms with Crippen LogP contribution in [-0.4, -0.2) is 30.2 Å². The third-order valence-corrected chi connectivity index (χ3v) is 4.54. The largest absolute Gasteiger partial charge is 0.505 e. The first-order valence-electron chi connectivity index (χ1n) is 7.34. The van der Waals surface area contributed by atoms with Crippen LogP contribution in [0.5, 0.6) is 17.2 Å². The van der Waals surface area contributed by atoms with E-state index in [1.54, 1.807) is 42.6 Å². The van der Waals surface area contributed by atoms with E-state index in [2.05, 4.69) is 10.3 Å². The van der Waals surface area contributed by atoms with Gasteiger partial charge in [0.1, 0.15) is 5.52 Å². The van der Waals surface area contributed by atoms with E-state index in [4.69, 9.17) is 9.47 Å². The number of rotatable bonds is 4. The maximum absolute atomic E-state index is 12.6. The number of fused-ring (bicyclic) bond motifs is 1. The molecule has 128 valence electrons. The lowest BCUT2D eigenvalue weighted by molar-refractivity contribution is 0.102. The van der Waals surface area contributed by atoms with Gasteiger partial charge in [-0.05, 0) is 59.0 Å². The number of phenolic OH excluding ortho intramolecular Hbond substituents is 1. The number of hydrogen-bond acceptors (Lipinski definition) is 5. The van der Waals surface area contributed by atoms with Crippen LogP contribution in [0.2, 0.25) is 0 Å². The molecule has 0 unspecified atom stereocenters. The number of methoxy groups -OCH3 is 2. The number of phenols is 1. The van der Waals surface area contributed by atoms with Crippen molar-refractivity contribution in [1.82, 2.24) is 4.98 Å². The normalized spacial score (nSPS) is 10.5. The Balaban J connectivity index is 1.99. The molecule has 1 heterocycles. The summed E-state index contributed by atoms with van der Waals surface area (Å²) in [4.78, 5) is 16.8. The average molecular weight is 450 g/mol. The molecule has 0 atom stereocenters. The summed E-state index contributed by atoms with van der Waals surface area (Å²) in [6.07, 6.45) is 1.60. The molecule has 25 heavy (non-hydrogen) atoms. The molecule has 0 bridgehead atoms. The summed E-state index contributed by atoms with van der Waals surface area (Å²) < 4.78 is 11.0. The van der Waals surface area contributed by atoms with E-state index in [0.717, 1.165) is 0 Å². The predicted molar refractivity (Wildman–Crippen MR) is 104 cm³/mol. The summed E-state index contributed by atoms with van der Waals surface area (Å²) in [6.45, 7) is 0. The van der Waals surface area contributed by atoms with Gasteiger partial charge >= 0.3 is 0 Å². The first kappa shape index (κ1) is 17.3. The van der Waals surface area contributed by atoms with Crippen LogP contribution in [0.15, 0.2) is 42.6 Å². The minimum absolute atomic E-state index is 0.0975. The summed E-state index contributed by atoms with van der Waals surface area (Å²) in [5.74, 6) is 0.822. The van der Waals surface area contributed by atoms with E-state index in [1.807, 2.05) is 22.6 Å². The van der Waals surface area contributed by atoms with E-state index >= 15 is 0 Å². The van der Waals surface area contributed by atoms with Crippen LogP contribution in [0, 0.1) is 3.57 Å². The highest BCUT2D eigenvalue weighted by molar-refractivity contribution is 14.1. The molecule has 0 aliphatic heterocycles. The third kappa shape index (κ3) is 3.32. The van der Waals surface area contributed by atoms with Crippen molar-refractivity contribution in [2.24, 2.45) is 0 Å². The minimum atomic E-state index is -0.299. The Morgan fingerprint density at radius 1 is 1.16 bits per heavy atom. The molecule has 0 aliphatic carbocycles. The Morgan fingerprint density at radius 3 is 2.64 bits per heavy atom. The van der Waals surface area contributed by atoms with Gasteiger partial charge in [0.25, 0.3) is 5.91 Å². The van der Waals surface area contributed by atoms with Gasteiger partial charge in [0, 0.05) is 17.1 Å². The minimum Gasteiger partial charge on any atom is -0.505 e. The number of anilines is 1. The second-order valence-electron chi connectivity index (χ2n) is 5.18. The topological polar surface area (TPSA) is 80.7 Å². The first-order chi connectivity index (χ1) is 12.0. The molecule has 0 aliphatic rings. The van der Waals surface area contributed by atoms with Crippen LogP contribution >= 0.6 is 22.6 Å². The summed E-state index contributed by atoms with van der Waals surface area (Å²) in [5.41, 5.74) is 1.44. The fourth-order valence-electron chi connectivity index (χ4n) is 2.47. The van der Waals surface area contributed by atoms with E-state index < -0.39 is 0 Å².